The fraction of sp³-hybridized carbons (Fsp3) is 0.933. The van der Waals surface area contributed by atoms with Crippen LogP contribution in [0.25, 0.3) is 0 Å². The van der Waals surface area contributed by atoms with Crippen molar-refractivity contribution < 1.29 is 14.6 Å². The van der Waals surface area contributed by atoms with Gasteiger partial charge in [0.1, 0.15) is 5.54 Å². The maximum absolute atomic E-state index is 12.5. The highest BCUT2D eigenvalue weighted by molar-refractivity contribution is 7.99. The van der Waals surface area contributed by atoms with Crippen LogP contribution in [0, 0.1) is 5.92 Å². The van der Waals surface area contributed by atoms with Crippen molar-refractivity contribution in [1.29, 1.82) is 0 Å². The maximum Gasteiger partial charge on any atom is 0.326 e. The molecule has 118 valence electrons. The van der Waals surface area contributed by atoms with E-state index in [1.165, 1.54) is 0 Å². The molecule has 0 amide bonds. The molecule has 0 aliphatic heterocycles. The molecule has 2 unspecified atom stereocenters. The standard InChI is InChI=1S/C15H29NO3S/c1-4-19-14(18)15(16-12(2)3)8-5-6-13(15)7-10-20-11-9-17/h12-13,16-17H,4-11H2,1-3H3. The van der Waals surface area contributed by atoms with Gasteiger partial charge in [-0.3, -0.25) is 10.1 Å². The summed E-state index contributed by atoms with van der Waals surface area (Å²) in [6, 6.07) is 0.269. The molecule has 1 fully saturated rings. The minimum Gasteiger partial charge on any atom is -0.465 e. The first kappa shape index (κ1) is 17.8. The van der Waals surface area contributed by atoms with Gasteiger partial charge in [-0.1, -0.05) is 6.42 Å². The summed E-state index contributed by atoms with van der Waals surface area (Å²) in [4.78, 5) is 12.5. The Balaban J connectivity index is 2.70. The highest BCUT2D eigenvalue weighted by Crippen LogP contribution is 2.40. The van der Waals surface area contributed by atoms with E-state index in [9.17, 15) is 4.79 Å². The van der Waals surface area contributed by atoms with E-state index in [1.54, 1.807) is 11.8 Å². The number of nitrogens with one attached hydrogen (secondary N) is 1. The highest BCUT2D eigenvalue weighted by Gasteiger charge is 2.49. The lowest BCUT2D eigenvalue weighted by molar-refractivity contribution is -0.153. The molecule has 0 aromatic heterocycles. The lowest BCUT2D eigenvalue weighted by Crippen LogP contribution is -2.58. The molecule has 5 heteroatoms. The van der Waals surface area contributed by atoms with Gasteiger partial charge < -0.3 is 9.84 Å². The molecule has 1 aliphatic rings. The number of hydrogen-bond acceptors (Lipinski definition) is 5. The minimum absolute atomic E-state index is 0.0802. The average Bonchev–Trinajstić information content (AvgIpc) is 2.78. The molecule has 0 aromatic rings. The number of hydrogen-bond donors (Lipinski definition) is 2. The third-order valence-corrected chi connectivity index (χ3v) is 4.85. The molecular weight excluding hydrogens is 274 g/mol. The lowest BCUT2D eigenvalue weighted by atomic mass is 9.84. The summed E-state index contributed by atoms with van der Waals surface area (Å²) in [7, 11) is 0. The van der Waals surface area contributed by atoms with Gasteiger partial charge in [0.05, 0.1) is 13.2 Å². The van der Waals surface area contributed by atoms with Gasteiger partial charge in [-0.15, -0.1) is 0 Å². The van der Waals surface area contributed by atoms with Crippen molar-refractivity contribution in [1.82, 2.24) is 5.32 Å². The quantitative estimate of drug-likeness (QED) is 0.505. The second-order valence-electron chi connectivity index (χ2n) is 5.70. The zero-order valence-corrected chi connectivity index (χ0v) is 13.8. The molecule has 2 N–H and O–H groups in total. The molecule has 1 rings (SSSR count). The molecule has 0 saturated heterocycles. The molecule has 1 aliphatic carbocycles. The van der Waals surface area contributed by atoms with Crippen LogP contribution in [0.2, 0.25) is 0 Å². The van der Waals surface area contributed by atoms with Crippen molar-refractivity contribution in [3.8, 4) is 0 Å². The van der Waals surface area contributed by atoms with Crippen LogP contribution in [0.4, 0.5) is 0 Å². The Morgan fingerprint density at radius 3 is 2.85 bits per heavy atom. The van der Waals surface area contributed by atoms with Crippen LogP contribution < -0.4 is 5.32 Å². The predicted molar refractivity (Wildman–Crippen MR) is 84.0 cm³/mol. The first-order valence-electron chi connectivity index (χ1n) is 7.70. The van der Waals surface area contributed by atoms with Crippen LogP contribution in [-0.2, 0) is 9.53 Å². The number of thioether (sulfide) groups is 1. The van der Waals surface area contributed by atoms with Crippen molar-refractivity contribution in [3.63, 3.8) is 0 Å². The van der Waals surface area contributed by atoms with Crippen LogP contribution in [0.5, 0.6) is 0 Å². The molecule has 20 heavy (non-hydrogen) atoms. The third kappa shape index (κ3) is 4.64. The number of carbonyl (C=O) groups excluding carboxylic acids is 1. The van der Waals surface area contributed by atoms with Crippen LogP contribution in [0.1, 0.15) is 46.5 Å². The van der Waals surface area contributed by atoms with Gasteiger partial charge in [0.15, 0.2) is 0 Å². The van der Waals surface area contributed by atoms with Crippen LogP contribution in [0.3, 0.4) is 0 Å². The SMILES string of the molecule is CCOC(=O)C1(NC(C)C)CCCC1CCSCCO. The van der Waals surface area contributed by atoms with Gasteiger partial charge in [-0.25, -0.2) is 0 Å². The van der Waals surface area contributed by atoms with E-state index in [1.807, 2.05) is 6.92 Å². The lowest BCUT2D eigenvalue weighted by Gasteiger charge is -2.36. The molecule has 1 saturated carbocycles. The van der Waals surface area contributed by atoms with Crippen molar-refractivity contribution in [2.24, 2.45) is 5.92 Å². The van der Waals surface area contributed by atoms with E-state index in [2.05, 4.69) is 19.2 Å². The number of rotatable bonds is 9. The molecule has 0 spiro atoms. The molecule has 2 atom stereocenters. The summed E-state index contributed by atoms with van der Waals surface area (Å²) in [6.45, 7) is 6.69. The molecule has 0 radical (unpaired) electrons. The number of carbonyl (C=O) groups is 1. The Morgan fingerprint density at radius 1 is 1.50 bits per heavy atom. The molecule has 4 nitrogen and oxygen atoms in total. The van der Waals surface area contributed by atoms with Gasteiger partial charge in [-0.05, 0) is 51.7 Å². The number of esters is 1. The summed E-state index contributed by atoms with van der Waals surface area (Å²) < 4.78 is 5.34. The van der Waals surface area contributed by atoms with Gasteiger partial charge >= 0.3 is 5.97 Å². The summed E-state index contributed by atoms with van der Waals surface area (Å²) >= 11 is 1.75. The first-order chi connectivity index (χ1) is 9.56. The van der Waals surface area contributed by atoms with Crippen LogP contribution in [-0.4, -0.2) is 47.4 Å². The zero-order chi connectivity index (χ0) is 15.0. The van der Waals surface area contributed by atoms with Crippen molar-refractivity contribution in [2.45, 2.75) is 58.0 Å². The van der Waals surface area contributed by atoms with E-state index in [0.29, 0.717) is 12.5 Å². The number of aliphatic hydroxyl groups is 1. The Hall–Kier alpha value is -0.260. The number of aliphatic hydroxyl groups excluding tert-OH is 1. The summed E-state index contributed by atoms with van der Waals surface area (Å²) in [5, 5.41) is 12.3. The number of ether oxygens (including phenoxy) is 1. The smallest absolute Gasteiger partial charge is 0.326 e. The van der Waals surface area contributed by atoms with Crippen molar-refractivity contribution in [2.75, 3.05) is 24.7 Å². The second kappa shape index (κ2) is 8.90. The largest absolute Gasteiger partial charge is 0.465 e. The second-order valence-corrected chi connectivity index (χ2v) is 6.93. The van der Waals surface area contributed by atoms with E-state index in [0.717, 1.165) is 37.2 Å². The maximum atomic E-state index is 12.5. The summed E-state index contributed by atoms with van der Waals surface area (Å²) in [5.41, 5.74) is -0.496. The Morgan fingerprint density at radius 2 is 2.25 bits per heavy atom. The van der Waals surface area contributed by atoms with Gasteiger partial charge in [0.25, 0.3) is 0 Å². The minimum atomic E-state index is -0.496. The van der Waals surface area contributed by atoms with Gasteiger partial charge in [0.2, 0.25) is 0 Å². The Labute approximate surface area is 127 Å². The fourth-order valence-corrected chi connectivity index (χ4v) is 3.94. The molecular formula is C15H29NO3S. The van der Waals surface area contributed by atoms with Gasteiger partial charge in [-0.2, -0.15) is 11.8 Å². The average molecular weight is 303 g/mol. The predicted octanol–water partition coefficient (Wildman–Crippen LogP) is 2.20. The monoisotopic (exact) mass is 303 g/mol. The molecule has 0 aromatic carbocycles. The Kier molecular flexibility index (Phi) is 7.92. The van der Waals surface area contributed by atoms with Crippen LogP contribution in [0.15, 0.2) is 0 Å². The van der Waals surface area contributed by atoms with Crippen molar-refractivity contribution in [3.05, 3.63) is 0 Å². The third-order valence-electron chi connectivity index (χ3n) is 3.85. The van der Waals surface area contributed by atoms with Crippen LogP contribution >= 0.6 is 11.8 Å². The summed E-state index contributed by atoms with van der Waals surface area (Å²) in [6.07, 6.45) is 4.04. The Bertz CT molecular complexity index is 299. The molecule has 0 heterocycles. The fourth-order valence-electron chi connectivity index (χ4n) is 3.15. The first-order valence-corrected chi connectivity index (χ1v) is 8.85. The highest BCUT2D eigenvalue weighted by atomic mass is 32.2. The van der Waals surface area contributed by atoms with E-state index >= 15 is 0 Å². The topological polar surface area (TPSA) is 58.6 Å². The van der Waals surface area contributed by atoms with E-state index in [-0.39, 0.29) is 18.6 Å². The normalized spacial score (nSPS) is 26.1. The molecule has 0 bridgehead atoms. The van der Waals surface area contributed by atoms with Crippen molar-refractivity contribution >= 4 is 17.7 Å². The van der Waals surface area contributed by atoms with E-state index in [4.69, 9.17) is 9.84 Å². The zero-order valence-electron chi connectivity index (χ0n) is 13.0. The van der Waals surface area contributed by atoms with E-state index < -0.39 is 5.54 Å². The van der Waals surface area contributed by atoms with Gasteiger partial charge in [0, 0.05) is 11.8 Å². The summed E-state index contributed by atoms with van der Waals surface area (Å²) in [5.74, 6) is 2.03.